The molecule has 1 aromatic heterocycles. The molecule has 3 rings (SSSR count). The van der Waals surface area contributed by atoms with E-state index in [4.69, 9.17) is 0 Å². The van der Waals surface area contributed by atoms with Crippen LogP contribution in [0, 0.1) is 0 Å². The van der Waals surface area contributed by atoms with Crippen LogP contribution in [-0.2, 0) is 6.18 Å². The van der Waals surface area contributed by atoms with Gasteiger partial charge in [-0.1, -0.05) is 47.7 Å². The largest absolute Gasteiger partial charge is 0.416 e. The third-order valence-corrected chi connectivity index (χ3v) is 4.01. The van der Waals surface area contributed by atoms with Crippen molar-refractivity contribution < 1.29 is 18.0 Å². The summed E-state index contributed by atoms with van der Waals surface area (Å²) in [5, 5.41) is 11.1. The second-order valence-corrected chi connectivity index (χ2v) is 5.79. The Bertz CT molecular complexity index is 862. The molecule has 3 aromatic rings. The van der Waals surface area contributed by atoms with Crippen LogP contribution in [0.5, 0.6) is 0 Å². The first kappa shape index (κ1) is 16.1. The summed E-state index contributed by atoms with van der Waals surface area (Å²) < 4.78 is 38.1. The van der Waals surface area contributed by atoms with E-state index in [9.17, 15) is 18.0 Å². The first-order valence-electron chi connectivity index (χ1n) is 6.81. The number of rotatable bonds is 3. The Balaban J connectivity index is 1.77. The number of nitrogens with one attached hydrogen (secondary N) is 1. The Labute approximate surface area is 139 Å². The zero-order valence-corrected chi connectivity index (χ0v) is 12.9. The molecule has 0 aliphatic carbocycles. The standard InChI is InChI=1S/C16H10F3N3OS/c17-16(18,19)12-8-4-7-11(9-12)13(23)20-15-22-21-14(24-15)10-5-2-1-3-6-10/h1-9H,(H,20,22,23). The molecule has 122 valence electrons. The highest BCUT2D eigenvalue weighted by Gasteiger charge is 2.30. The molecule has 2 aromatic carbocycles. The smallest absolute Gasteiger partial charge is 0.296 e. The van der Waals surface area contributed by atoms with Crippen LogP contribution < -0.4 is 5.32 Å². The van der Waals surface area contributed by atoms with Crippen LogP contribution in [0.2, 0.25) is 0 Å². The molecule has 0 saturated heterocycles. The Morgan fingerprint density at radius 3 is 2.46 bits per heavy atom. The fourth-order valence-electron chi connectivity index (χ4n) is 1.98. The molecular weight excluding hydrogens is 339 g/mol. The van der Waals surface area contributed by atoms with Crippen molar-refractivity contribution in [1.82, 2.24) is 10.2 Å². The molecule has 0 spiro atoms. The van der Waals surface area contributed by atoms with Crippen LogP contribution >= 0.6 is 11.3 Å². The maximum absolute atomic E-state index is 12.7. The molecule has 24 heavy (non-hydrogen) atoms. The lowest BCUT2D eigenvalue weighted by atomic mass is 10.1. The molecular formula is C16H10F3N3OS. The zero-order valence-electron chi connectivity index (χ0n) is 12.0. The number of aromatic nitrogens is 2. The molecule has 0 aliphatic rings. The minimum atomic E-state index is -4.50. The Kier molecular flexibility index (Phi) is 4.30. The minimum Gasteiger partial charge on any atom is -0.296 e. The zero-order chi connectivity index (χ0) is 17.2. The van der Waals surface area contributed by atoms with Gasteiger partial charge in [-0.25, -0.2) is 0 Å². The molecule has 1 N–H and O–H groups in total. The van der Waals surface area contributed by atoms with Crippen molar-refractivity contribution in [2.75, 3.05) is 5.32 Å². The quantitative estimate of drug-likeness (QED) is 0.759. The lowest BCUT2D eigenvalue weighted by molar-refractivity contribution is -0.137. The molecule has 4 nitrogen and oxygen atoms in total. The summed E-state index contributed by atoms with van der Waals surface area (Å²) in [4.78, 5) is 12.1. The SMILES string of the molecule is O=C(Nc1nnc(-c2ccccc2)s1)c1cccc(C(F)(F)F)c1. The summed E-state index contributed by atoms with van der Waals surface area (Å²) in [7, 11) is 0. The molecule has 0 fully saturated rings. The van der Waals surface area contributed by atoms with Crippen LogP contribution in [0.4, 0.5) is 18.3 Å². The van der Waals surface area contributed by atoms with Crippen molar-refractivity contribution in [3.63, 3.8) is 0 Å². The summed E-state index contributed by atoms with van der Waals surface area (Å²) in [5.41, 5.74) is -0.131. The predicted molar refractivity (Wildman–Crippen MR) is 84.7 cm³/mol. The number of carbonyl (C=O) groups is 1. The number of amides is 1. The summed E-state index contributed by atoms with van der Waals surface area (Å²) in [6.45, 7) is 0. The van der Waals surface area contributed by atoms with Crippen LogP contribution in [0.3, 0.4) is 0 Å². The molecule has 0 aliphatic heterocycles. The van der Waals surface area contributed by atoms with Crippen molar-refractivity contribution in [2.24, 2.45) is 0 Å². The van der Waals surface area contributed by atoms with Crippen molar-refractivity contribution >= 4 is 22.4 Å². The number of carbonyl (C=O) groups excluding carboxylic acids is 1. The van der Waals surface area contributed by atoms with Crippen molar-refractivity contribution in [3.8, 4) is 10.6 Å². The number of hydrogen-bond donors (Lipinski definition) is 1. The number of nitrogens with zero attached hydrogens (tertiary/aromatic N) is 2. The molecule has 0 atom stereocenters. The Morgan fingerprint density at radius 2 is 1.75 bits per heavy atom. The van der Waals surface area contributed by atoms with Gasteiger partial charge in [-0.05, 0) is 18.2 Å². The van der Waals surface area contributed by atoms with E-state index in [-0.39, 0.29) is 10.7 Å². The van der Waals surface area contributed by atoms with Gasteiger partial charge in [0.2, 0.25) is 5.13 Å². The van der Waals surface area contributed by atoms with Gasteiger partial charge in [0.25, 0.3) is 5.91 Å². The highest BCUT2D eigenvalue weighted by atomic mass is 32.1. The second-order valence-electron chi connectivity index (χ2n) is 4.81. The van der Waals surface area contributed by atoms with E-state index in [0.29, 0.717) is 5.01 Å². The maximum Gasteiger partial charge on any atom is 0.416 e. The van der Waals surface area contributed by atoms with Gasteiger partial charge in [0, 0.05) is 11.1 Å². The average molecular weight is 349 g/mol. The highest BCUT2D eigenvalue weighted by molar-refractivity contribution is 7.18. The molecule has 8 heteroatoms. The van der Waals surface area contributed by atoms with E-state index < -0.39 is 17.6 Å². The number of benzene rings is 2. The Hall–Kier alpha value is -2.74. The number of halogens is 3. The third kappa shape index (κ3) is 3.60. The maximum atomic E-state index is 12.7. The van der Waals surface area contributed by atoms with Crippen molar-refractivity contribution in [2.45, 2.75) is 6.18 Å². The van der Waals surface area contributed by atoms with E-state index in [1.165, 1.54) is 12.1 Å². The Morgan fingerprint density at radius 1 is 1.00 bits per heavy atom. The average Bonchev–Trinajstić information content (AvgIpc) is 3.03. The molecule has 1 heterocycles. The predicted octanol–water partition coefficient (Wildman–Crippen LogP) is 4.48. The monoisotopic (exact) mass is 349 g/mol. The molecule has 0 unspecified atom stereocenters. The van der Waals surface area contributed by atoms with Crippen LogP contribution in [-0.4, -0.2) is 16.1 Å². The molecule has 0 bridgehead atoms. The van der Waals surface area contributed by atoms with Gasteiger partial charge in [0.15, 0.2) is 0 Å². The van der Waals surface area contributed by atoms with Crippen LogP contribution in [0.25, 0.3) is 10.6 Å². The van der Waals surface area contributed by atoms with Gasteiger partial charge in [0.1, 0.15) is 5.01 Å². The van der Waals surface area contributed by atoms with E-state index in [0.717, 1.165) is 29.0 Å². The van der Waals surface area contributed by atoms with Gasteiger partial charge >= 0.3 is 6.18 Å². The van der Waals surface area contributed by atoms with Gasteiger partial charge in [-0.15, -0.1) is 10.2 Å². The van der Waals surface area contributed by atoms with E-state index in [1.54, 1.807) is 0 Å². The third-order valence-electron chi connectivity index (χ3n) is 3.12. The number of alkyl halides is 3. The van der Waals surface area contributed by atoms with Crippen molar-refractivity contribution in [1.29, 1.82) is 0 Å². The first-order chi connectivity index (χ1) is 11.4. The van der Waals surface area contributed by atoms with Crippen molar-refractivity contribution in [3.05, 3.63) is 65.7 Å². The molecule has 0 saturated carbocycles. The topological polar surface area (TPSA) is 54.9 Å². The minimum absolute atomic E-state index is 0.0960. The number of hydrogen-bond acceptors (Lipinski definition) is 4. The van der Waals surface area contributed by atoms with Gasteiger partial charge < -0.3 is 0 Å². The van der Waals surface area contributed by atoms with Crippen LogP contribution in [0.15, 0.2) is 54.6 Å². The molecule has 1 amide bonds. The second kappa shape index (κ2) is 6.40. The van der Waals surface area contributed by atoms with Gasteiger partial charge in [-0.3, -0.25) is 10.1 Å². The summed E-state index contributed by atoms with van der Waals surface area (Å²) in [6.07, 6.45) is -4.50. The first-order valence-corrected chi connectivity index (χ1v) is 7.63. The lowest BCUT2D eigenvalue weighted by Gasteiger charge is -2.08. The van der Waals surface area contributed by atoms with Crippen LogP contribution in [0.1, 0.15) is 15.9 Å². The molecule has 0 radical (unpaired) electrons. The summed E-state index contributed by atoms with van der Waals surface area (Å²) in [5.74, 6) is -0.670. The fourth-order valence-corrected chi connectivity index (χ4v) is 2.72. The fraction of sp³-hybridized carbons (Fsp3) is 0.0625. The normalized spacial score (nSPS) is 11.3. The number of anilines is 1. The van der Waals surface area contributed by atoms with Gasteiger partial charge in [-0.2, -0.15) is 13.2 Å². The summed E-state index contributed by atoms with van der Waals surface area (Å²) in [6, 6.07) is 13.5. The lowest BCUT2D eigenvalue weighted by Crippen LogP contribution is -2.13. The van der Waals surface area contributed by atoms with E-state index >= 15 is 0 Å². The van der Waals surface area contributed by atoms with Gasteiger partial charge in [0.05, 0.1) is 5.56 Å². The highest BCUT2D eigenvalue weighted by Crippen LogP contribution is 2.30. The van der Waals surface area contributed by atoms with E-state index in [1.807, 2.05) is 30.3 Å². The van der Waals surface area contributed by atoms with E-state index in [2.05, 4.69) is 15.5 Å². The summed E-state index contributed by atoms with van der Waals surface area (Å²) >= 11 is 1.14.